The van der Waals surface area contributed by atoms with Gasteiger partial charge in [-0.1, -0.05) is 11.6 Å². The standard InChI is InChI=1S/C10H13BrClNO2/c1-14-10(15-2)6-13-7-3-4-9(12)8(11)5-7/h3-5,10,13H,6H2,1-2H3. The SMILES string of the molecule is COC(CNc1ccc(Cl)c(Br)c1)OC. The fourth-order valence-electron chi connectivity index (χ4n) is 1.07. The van der Waals surface area contributed by atoms with Gasteiger partial charge in [0.05, 0.1) is 11.6 Å². The zero-order chi connectivity index (χ0) is 11.3. The first-order valence-corrected chi connectivity index (χ1v) is 5.59. The fraction of sp³-hybridized carbons (Fsp3) is 0.400. The number of anilines is 1. The monoisotopic (exact) mass is 293 g/mol. The normalized spacial score (nSPS) is 10.7. The zero-order valence-electron chi connectivity index (χ0n) is 8.59. The van der Waals surface area contributed by atoms with Gasteiger partial charge in [0.2, 0.25) is 0 Å². The Morgan fingerprint density at radius 2 is 2.07 bits per heavy atom. The molecule has 1 aromatic carbocycles. The molecule has 0 unspecified atom stereocenters. The zero-order valence-corrected chi connectivity index (χ0v) is 10.9. The van der Waals surface area contributed by atoms with Crippen LogP contribution in [-0.4, -0.2) is 27.1 Å². The molecule has 0 spiro atoms. The van der Waals surface area contributed by atoms with Gasteiger partial charge in [0.25, 0.3) is 0 Å². The summed E-state index contributed by atoms with van der Waals surface area (Å²) in [6, 6.07) is 5.63. The maximum atomic E-state index is 5.87. The van der Waals surface area contributed by atoms with Crippen molar-refractivity contribution in [2.45, 2.75) is 6.29 Å². The summed E-state index contributed by atoms with van der Waals surface area (Å²) in [5.41, 5.74) is 0.963. The summed E-state index contributed by atoms with van der Waals surface area (Å²) in [7, 11) is 3.21. The van der Waals surface area contributed by atoms with Crippen LogP contribution in [0.15, 0.2) is 22.7 Å². The number of benzene rings is 1. The van der Waals surface area contributed by atoms with Crippen LogP contribution in [0.2, 0.25) is 5.02 Å². The summed E-state index contributed by atoms with van der Waals surface area (Å²) in [5.74, 6) is 0. The van der Waals surface area contributed by atoms with Crippen LogP contribution >= 0.6 is 27.5 Å². The van der Waals surface area contributed by atoms with E-state index in [1.165, 1.54) is 0 Å². The summed E-state index contributed by atoms with van der Waals surface area (Å²) < 4.78 is 11.0. The van der Waals surface area contributed by atoms with E-state index in [1.807, 2.05) is 18.2 Å². The molecule has 0 aliphatic carbocycles. The van der Waals surface area contributed by atoms with Crippen molar-refractivity contribution in [1.29, 1.82) is 0 Å². The number of nitrogens with one attached hydrogen (secondary N) is 1. The Balaban J connectivity index is 2.54. The van der Waals surface area contributed by atoms with Gasteiger partial charge in [-0.25, -0.2) is 0 Å². The number of rotatable bonds is 5. The molecule has 1 rings (SSSR count). The number of hydrogen-bond donors (Lipinski definition) is 1. The predicted octanol–water partition coefficient (Wildman–Crippen LogP) is 3.13. The van der Waals surface area contributed by atoms with Crippen LogP contribution in [0.25, 0.3) is 0 Å². The molecule has 0 aliphatic heterocycles. The molecule has 0 fully saturated rings. The van der Waals surface area contributed by atoms with Crippen LogP contribution in [0.1, 0.15) is 0 Å². The van der Waals surface area contributed by atoms with Gasteiger partial charge in [-0.05, 0) is 34.1 Å². The molecular weight excluding hydrogens is 281 g/mol. The third kappa shape index (κ3) is 3.99. The van der Waals surface area contributed by atoms with Crippen LogP contribution in [-0.2, 0) is 9.47 Å². The average Bonchev–Trinajstić information content (AvgIpc) is 2.24. The van der Waals surface area contributed by atoms with Crippen molar-refractivity contribution >= 4 is 33.2 Å². The molecule has 0 saturated heterocycles. The highest BCUT2D eigenvalue weighted by Gasteiger charge is 2.04. The molecule has 0 atom stereocenters. The molecule has 1 aromatic rings. The molecule has 0 saturated carbocycles. The summed E-state index contributed by atoms with van der Waals surface area (Å²) >= 11 is 9.23. The minimum atomic E-state index is -0.251. The number of hydrogen-bond acceptors (Lipinski definition) is 3. The van der Waals surface area contributed by atoms with Crippen molar-refractivity contribution in [3.05, 3.63) is 27.7 Å². The summed E-state index contributed by atoms with van der Waals surface area (Å²) in [4.78, 5) is 0. The van der Waals surface area contributed by atoms with E-state index in [-0.39, 0.29) is 6.29 Å². The van der Waals surface area contributed by atoms with Crippen LogP contribution < -0.4 is 5.32 Å². The molecule has 15 heavy (non-hydrogen) atoms. The van der Waals surface area contributed by atoms with Crippen molar-refractivity contribution in [2.24, 2.45) is 0 Å². The molecule has 0 aromatic heterocycles. The Bertz CT molecular complexity index is 318. The topological polar surface area (TPSA) is 30.5 Å². The van der Waals surface area contributed by atoms with Gasteiger partial charge in [-0.15, -0.1) is 0 Å². The minimum absolute atomic E-state index is 0.251. The van der Waals surface area contributed by atoms with E-state index in [4.69, 9.17) is 21.1 Å². The fourth-order valence-corrected chi connectivity index (χ4v) is 1.57. The molecule has 0 heterocycles. The number of ether oxygens (including phenoxy) is 2. The van der Waals surface area contributed by atoms with Crippen molar-refractivity contribution in [1.82, 2.24) is 0 Å². The van der Waals surface area contributed by atoms with Gasteiger partial charge in [0.1, 0.15) is 0 Å². The molecule has 84 valence electrons. The maximum Gasteiger partial charge on any atom is 0.173 e. The molecule has 3 nitrogen and oxygen atoms in total. The lowest BCUT2D eigenvalue weighted by Gasteiger charge is -2.15. The Labute approximate surface area is 103 Å². The molecule has 1 N–H and O–H groups in total. The molecular formula is C10H13BrClNO2. The van der Waals surface area contributed by atoms with E-state index >= 15 is 0 Å². The first-order valence-electron chi connectivity index (χ1n) is 4.42. The van der Waals surface area contributed by atoms with Crippen molar-refractivity contribution in [3.8, 4) is 0 Å². The van der Waals surface area contributed by atoms with E-state index in [0.29, 0.717) is 11.6 Å². The Kier molecular flexibility index (Phi) is 5.39. The lowest BCUT2D eigenvalue weighted by molar-refractivity contribution is -0.0914. The summed E-state index contributed by atoms with van der Waals surface area (Å²) in [6.07, 6.45) is -0.251. The predicted molar refractivity (Wildman–Crippen MR) is 65.4 cm³/mol. The van der Waals surface area contributed by atoms with Crippen molar-refractivity contribution in [3.63, 3.8) is 0 Å². The van der Waals surface area contributed by atoms with Crippen molar-refractivity contribution < 1.29 is 9.47 Å². The Morgan fingerprint density at radius 1 is 1.40 bits per heavy atom. The number of methoxy groups -OCH3 is 2. The molecule has 5 heteroatoms. The lowest BCUT2D eigenvalue weighted by Crippen LogP contribution is -2.23. The van der Waals surface area contributed by atoms with E-state index in [2.05, 4.69) is 21.2 Å². The van der Waals surface area contributed by atoms with Crippen LogP contribution in [0, 0.1) is 0 Å². The summed E-state index contributed by atoms with van der Waals surface area (Å²) in [5, 5.41) is 3.87. The molecule has 0 bridgehead atoms. The van der Waals surface area contributed by atoms with Crippen molar-refractivity contribution in [2.75, 3.05) is 26.1 Å². The van der Waals surface area contributed by atoms with Gasteiger partial charge in [0.15, 0.2) is 6.29 Å². The molecule has 0 radical (unpaired) electrons. The third-order valence-corrected chi connectivity index (χ3v) is 3.13. The van der Waals surface area contributed by atoms with E-state index < -0.39 is 0 Å². The first kappa shape index (κ1) is 12.8. The first-order chi connectivity index (χ1) is 7.17. The Hall–Kier alpha value is -0.290. The van der Waals surface area contributed by atoms with E-state index in [0.717, 1.165) is 10.2 Å². The third-order valence-electron chi connectivity index (χ3n) is 1.92. The average molecular weight is 295 g/mol. The van der Waals surface area contributed by atoms with Gasteiger partial charge >= 0.3 is 0 Å². The van der Waals surface area contributed by atoms with E-state index in [1.54, 1.807) is 14.2 Å². The Morgan fingerprint density at radius 3 is 2.60 bits per heavy atom. The maximum absolute atomic E-state index is 5.87. The lowest BCUT2D eigenvalue weighted by atomic mass is 10.3. The highest BCUT2D eigenvalue weighted by atomic mass is 79.9. The molecule has 0 amide bonds. The highest BCUT2D eigenvalue weighted by molar-refractivity contribution is 9.10. The van der Waals surface area contributed by atoms with Gasteiger partial charge in [-0.2, -0.15) is 0 Å². The van der Waals surface area contributed by atoms with Gasteiger partial charge in [-0.3, -0.25) is 0 Å². The van der Waals surface area contributed by atoms with Gasteiger partial charge < -0.3 is 14.8 Å². The van der Waals surface area contributed by atoms with Crippen LogP contribution in [0.5, 0.6) is 0 Å². The smallest absolute Gasteiger partial charge is 0.173 e. The minimum Gasteiger partial charge on any atom is -0.380 e. The summed E-state index contributed by atoms with van der Waals surface area (Å²) in [6.45, 7) is 0.584. The van der Waals surface area contributed by atoms with Gasteiger partial charge in [0, 0.05) is 24.4 Å². The second-order valence-electron chi connectivity index (χ2n) is 2.91. The number of halogens is 2. The van der Waals surface area contributed by atoms with E-state index in [9.17, 15) is 0 Å². The van der Waals surface area contributed by atoms with Crippen LogP contribution in [0.3, 0.4) is 0 Å². The molecule has 0 aliphatic rings. The second-order valence-corrected chi connectivity index (χ2v) is 4.17. The second kappa shape index (κ2) is 6.33. The van der Waals surface area contributed by atoms with Crippen LogP contribution in [0.4, 0.5) is 5.69 Å². The quantitative estimate of drug-likeness (QED) is 0.846. The highest BCUT2D eigenvalue weighted by Crippen LogP contribution is 2.25. The largest absolute Gasteiger partial charge is 0.380 e.